The molecule has 11 heteroatoms. The molecule has 1 aliphatic heterocycles. The summed E-state index contributed by atoms with van der Waals surface area (Å²) in [6.45, 7) is 4.95. The predicted octanol–water partition coefficient (Wildman–Crippen LogP) is 4.21. The van der Waals surface area contributed by atoms with Crippen LogP contribution in [0.4, 0.5) is 19.1 Å². The predicted molar refractivity (Wildman–Crippen MR) is 120 cm³/mol. The Morgan fingerprint density at radius 3 is 2.54 bits per heavy atom. The minimum Gasteiger partial charge on any atom is -0.367 e. The molecule has 8 nitrogen and oxygen atoms in total. The molecule has 3 aromatic heterocycles. The molecule has 8 rings (SSSR count). The number of aromatic nitrogens is 6. The molecule has 3 aromatic rings. The summed E-state index contributed by atoms with van der Waals surface area (Å²) in [6, 6.07) is 0.488. The molecule has 4 saturated carbocycles. The van der Waals surface area contributed by atoms with E-state index in [0.29, 0.717) is 47.6 Å². The van der Waals surface area contributed by atoms with Crippen molar-refractivity contribution in [3.8, 4) is 0 Å². The highest BCUT2D eigenvalue weighted by Gasteiger charge is 2.79. The number of rotatable bonds is 4. The lowest BCUT2D eigenvalue weighted by Gasteiger charge is -2.70. The van der Waals surface area contributed by atoms with Crippen LogP contribution in [0, 0.1) is 12.3 Å². The zero-order valence-electron chi connectivity index (χ0n) is 19.6. The Balaban J connectivity index is 1.24. The average molecular weight is 486 g/mol. The molecule has 0 N–H and O–H groups in total. The summed E-state index contributed by atoms with van der Waals surface area (Å²) >= 11 is 0. The molecule has 184 valence electrons. The molecule has 0 spiro atoms. The molecule has 5 fully saturated rings. The maximum atomic E-state index is 13.6. The normalized spacial score (nSPS) is 32.4. The van der Waals surface area contributed by atoms with Crippen LogP contribution in [0.2, 0.25) is 0 Å². The van der Waals surface area contributed by atoms with Gasteiger partial charge in [-0.25, -0.2) is 15.0 Å². The van der Waals surface area contributed by atoms with Crippen LogP contribution in [0.5, 0.6) is 0 Å². The first-order chi connectivity index (χ1) is 16.6. The monoisotopic (exact) mass is 485 g/mol. The molecule has 0 radical (unpaired) electrons. The van der Waals surface area contributed by atoms with Gasteiger partial charge in [0.1, 0.15) is 11.6 Å². The molecular formula is C24H26F3N7O. The van der Waals surface area contributed by atoms with Crippen LogP contribution in [0.15, 0.2) is 18.6 Å². The number of alkyl halides is 3. The SMILES string of the molecule is Cc1cnc2c(C34CC(C(F)(F)F)(C3)C4)nc(N3C[C@@H](c4cnn(C5CC5)c4)O[C@@H](C)C3)nc2n1. The van der Waals surface area contributed by atoms with Gasteiger partial charge < -0.3 is 9.64 Å². The summed E-state index contributed by atoms with van der Waals surface area (Å²) in [6.07, 6.45) is 3.59. The minimum absolute atomic E-state index is 0.0626. The summed E-state index contributed by atoms with van der Waals surface area (Å²) in [7, 11) is 0. The van der Waals surface area contributed by atoms with Crippen molar-refractivity contribution >= 4 is 17.1 Å². The van der Waals surface area contributed by atoms with Crippen LogP contribution in [0.25, 0.3) is 11.2 Å². The highest BCUT2D eigenvalue weighted by atomic mass is 19.4. The fraction of sp³-hybridized carbons (Fsp3) is 0.625. The van der Waals surface area contributed by atoms with Gasteiger partial charge in [-0.1, -0.05) is 0 Å². The average Bonchev–Trinajstić information content (AvgIpc) is 3.46. The van der Waals surface area contributed by atoms with Crippen LogP contribution in [0.1, 0.15) is 68.1 Å². The summed E-state index contributed by atoms with van der Waals surface area (Å²) < 4.78 is 48.9. The maximum Gasteiger partial charge on any atom is 0.394 e. The lowest BCUT2D eigenvalue weighted by molar-refractivity contribution is -0.337. The van der Waals surface area contributed by atoms with Crippen molar-refractivity contribution < 1.29 is 17.9 Å². The number of halogens is 3. The summed E-state index contributed by atoms with van der Waals surface area (Å²) in [5.74, 6) is 0.480. The topological polar surface area (TPSA) is 81.9 Å². The number of fused-ring (bicyclic) bond motifs is 1. The Bertz CT molecular complexity index is 1310. The second kappa shape index (κ2) is 6.89. The van der Waals surface area contributed by atoms with Crippen molar-refractivity contribution in [3.63, 3.8) is 0 Å². The molecule has 2 bridgehead atoms. The smallest absolute Gasteiger partial charge is 0.367 e. The second-order valence-electron chi connectivity index (χ2n) is 11.0. The number of hydrogen-bond acceptors (Lipinski definition) is 7. The summed E-state index contributed by atoms with van der Waals surface area (Å²) in [5.41, 5.74) is 1.11. The van der Waals surface area contributed by atoms with Crippen molar-refractivity contribution in [2.75, 3.05) is 18.0 Å². The molecule has 0 aromatic carbocycles. The van der Waals surface area contributed by atoms with Crippen molar-refractivity contribution in [3.05, 3.63) is 35.5 Å². The summed E-state index contributed by atoms with van der Waals surface area (Å²) in [5, 5.41) is 4.50. The van der Waals surface area contributed by atoms with E-state index in [0.717, 1.165) is 18.4 Å². The van der Waals surface area contributed by atoms with Gasteiger partial charge >= 0.3 is 6.18 Å². The van der Waals surface area contributed by atoms with E-state index in [1.807, 2.05) is 24.7 Å². The van der Waals surface area contributed by atoms with Gasteiger partial charge in [0.2, 0.25) is 5.95 Å². The van der Waals surface area contributed by atoms with E-state index in [9.17, 15) is 13.2 Å². The molecule has 0 amide bonds. The summed E-state index contributed by atoms with van der Waals surface area (Å²) in [4.78, 5) is 20.7. The number of aryl methyl sites for hydroxylation is 1. The van der Waals surface area contributed by atoms with Crippen molar-refractivity contribution in [2.24, 2.45) is 5.41 Å². The molecule has 4 aliphatic carbocycles. The quantitative estimate of drug-likeness (QED) is 0.548. The Hall–Kier alpha value is -2.82. The van der Waals surface area contributed by atoms with Crippen LogP contribution >= 0.6 is 0 Å². The standard InChI is InChI=1S/C24H26F3N7O/c1-13-5-28-18-19(22-10-23(11-22,12-22)24(25,26)27)31-21(32-20(18)30-13)33-7-14(2)35-17(9-33)15-6-29-34(8-15)16-3-4-16/h5-6,8,14,16-17H,3-4,7,9-12H2,1-2H3/t14-,17-,22?,23?/m0/s1. The van der Waals surface area contributed by atoms with Crippen molar-refractivity contribution in [1.29, 1.82) is 0 Å². The van der Waals surface area contributed by atoms with E-state index in [-0.39, 0.29) is 31.5 Å². The number of morpholine rings is 1. The number of nitrogens with zero attached hydrogens (tertiary/aromatic N) is 7. The van der Waals surface area contributed by atoms with Gasteiger partial charge in [0.25, 0.3) is 0 Å². The number of hydrogen-bond donors (Lipinski definition) is 0. The van der Waals surface area contributed by atoms with Gasteiger partial charge in [0, 0.05) is 29.9 Å². The van der Waals surface area contributed by atoms with Crippen LogP contribution in [-0.4, -0.2) is 55.1 Å². The Morgan fingerprint density at radius 2 is 1.83 bits per heavy atom. The van der Waals surface area contributed by atoms with Crippen LogP contribution < -0.4 is 4.90 Å². The molecule has 1 saturated heterocycles. The largest absolute Gasteiger partial charge is 0.394 e. The van der Waals surface area contributed by atoms with Gasteiger partial charge in [0.05, 0.1) is 41.7 Å². The van der Waals surface area contributed by atoms with E-state index >= 15 is 0 Å². The molecule has 4 heterocycles. The first-order valence-electron chi connectivity index (χ1n) is 12.2. The maximum absolute atomic E-state index is 13.6. The van der Waals surface area contributed by atoms with Gasteiger partial charge in [-0.15, -0.1) is 0 Å². The molecule has 0 unspecified atom stereocenters. The molecule has 2 atom stereocenters. The number of ether oxygens (including phenoxy) is 1. The molecular weight excluding hydrogens is 459 g/mol. The van der Waals surface area contributed by atoms with Crippen LogP contribution in [-0.2, 0) is 10.2 Å². The minimum atomic E-state index is -4.18. The highest BCUT2D eigenvalue weighted by molar-refractivity contribution is 5.76. The third-order valence-electron chi connectivity index (χ3n) is 8.11. The Labute approximate surface area is 199 Å². The van der Waals surface area contributed by atoms with E-state index in [2.05, 4.69) is 26.2 Å². The van der Waals surface area contributed by atoms with Crippen molar-refractivity contribution in [2.45, 2.75) is 75.8 Å². The van der Waals surface area contributed by atoms with E-state index in [4.69, 9.17) is 14.7 Å². The third kappa shape index (κ3) is 3.19. The third-order valence-corrected chi connectivity index (χ3v) is 8.11. The van der Waals surface area contributed by atoms with Crippen molar-refractivity contribution in [1.82, 2.24) is 29.7 Å². The van der Waals surface area contributed by atoms with Gasteiger partial charge in [-0.2, -0.15) is 23.3 Å². The van der Waals surface area contributed by atoms with E-state index in [1.165, 1.54) is 0 Å². The van der Waals surface area contributed by atoms with Gasteiger partial charge in [-0.3, -0.25) is 4.68 Å². The van der Waals surface area contributed by atoms with E-state index in [1.54, 1.807) is 6.20 Å². The molecule has 5 aliphatic rings. The first-order valence-corrected chi connectivity index (χ1v) is 12.2. The first kappa shape index (κ1) is 21.5. The Kier molecular flexibility index (Phi) is 4.23. The fourth-order valence-corrected chi connectivity index (χ4v) is 6.19. The highest BCUT2D eigenvalue weighted by Crippen LogP contribution is 2.78. The zero-order valence-corrected chi connectivity index (χ0v) is 19.6. The van der Waals surface area contributed by atoms with Gasteiger partial charge in [-0.05, 0) is 46.0 Å². The lowest BCUT2D eigenvalue weighted by atomic mass is 9.34. The second-order valence-corrected chi connectivity index (χ2v) is 11.0. The zero-order chi connectivity index (χ0) is 24.2. The fourth-order valence-electron chi connectivity index (χ4n) is 6.19. The van der Waals surface area contributed by atoms with E-state index < -0.39 is 17.0 Å². The Morgan fingerprint density at radius 1 is 1.06 bits per heavy atom. The van der Waals surface area contributed by atoms with Gasteiger partial charge in [0.15, 0.2) is 5.65 Å². The molecule has 35 heavy (non-hydrogen) atoms. The van der Waals surface area contributed by atoms with Crippen LogP contribution in [0.3, 0.4) is 0 Å². The number of anilines is 1. The lowest BCUT2D eigenvalue weighted by Crippen LogP contribution is -2.70.